The number of fused-ring (bicyclic) bond motifs is 7. The molecule has 0 spiro atoms. The molecule has 7 aromatic rings. The van der Waals surface area contributed by atoms with Gasteiger partial charge in [0.1, 0.15) is 22.8 Å². The van der Waals surface area contributed by atoms with Gasteiger partial charge in [-0.3, -0.25) is 0 Å². The lowest BCUT2D eigenvalue weighted by Gasteiger charge is -2.57. The summed E-state index contributed by atoms with van der Waals surface area (Å²) < 4.78 is 9.11. The smallest absolute Gasteiger partial charge is 0.165 e. The second-order valence-corrected chi connectivity index (χ2v) is 18.5. The predicted molar refractivity (Wildman–Crippen MR) is 207 cm³/mol. The zero-order valence-corrected chi connectivity index (χ0v) is 29.7. The quantitative estimate of drug-likeness (QED) is 0.186. The summed E-state index contributed by atoms with van der Waals surface area (Å²) in [7, 11) is 0. The Balaban J connectivity index is 1.05. The van der Waals surface area contributed by atoms with E-state index >= 15 is 0 Å². The monoisotopic (exact) mass is 680 g/mol. The van der Waals surface area contributed by atoms with Crippen LogP contribution in [0.2, 0.25) is 0 Å². The van der Waals surface area contributed by atoms with Crippen molar-refractivity contribution in [2.75, 3.05) is 0 Å². The van der Waals surface area contributed by atoms with Crippen LogP contribution in [-0.4, -0.2) is 19.5 Å². The summed E-state index contributed by atoms with van der Waals surface area (Å²) in [4.78, 5) is 17.1. The molecule has 0 radical (unpaired) electrons. The molecule has 0 N–H and O–H groups in total. The minimum Gasteiger partial charge on any atom is -0.455 e. The maximum absolute atomic E-state index is 6.66. The van der Waals surface area contributed by atoms with Crippen LogP contribution >= 0.6 is 0 Å². The molecule has 0 atom stereocenters. The molecule has 0 aliphatic heterocycles. The summed E-state index contributed by atoms with van der Waals surface area (Å²) in [6.45, 7) is 0. The van der Waals surface area contributed by atoms with Crippen molar-refractivity contribution in [2.24, 2.45) is 35.5 Å². The van der Waals surface area contributed by atoms with Gasteiger partial charge in [-0.1, -0.05) is 48.5 Å². The van der Waals surface area contributed by atoms with E-state index in [-0.39, 0.29) is 10.8 Å². The van der Waals surface area contributed by atoms with Gasteiger partial charge in [-0.05, 0) is 149 Å². The van der Waals surface area contributed by atoms with E-state index in [1.165, 1.54) is 93.3 Å². The van der Waals surface area contributed by atoms with Crippen molar-refractivity contribution in [3.05, 3.63) is 96.6 Å². The van der Waals surface area contributed by atoms with Crippen molar-refractivity contribution in [1.29, 1.82) is 0 Å². The molecule has 0 unspecified atom stereocenters. The second-order valence-electron chi connectivity index (χ2n) is 18.5. The molecular formula is C47H44N4O. The minimum absolute atomic E-state index is 0.109. The highest BCUT2D eigenvalue weighted by Crippen LogP contribution is 2.62. The summed E-state index contributed by atoms with van der Waals surface area (Å²) in [5, 5.41) is 4.70. The van der Waals surface area contributed by atoms with Crippen LogP contribution in [0.3, 0.4) is 0 Å². The standard InChI is InChI=1S/C47H44N4O/c1-4-10-37-35(8-1)41-39(14-13-34-33-7-3-6-12-40(33)52-42(34)41)51(37)38-11-5-2-9-36(38)43-48-44(46-21-27-15-28(22-46)17-29(16-27)23-46)50-45(49-43)47-24-30-18-31(25-47)20-32(19-30)26-47/h1-14,27-32H,15-26H2/t27-,28-,29?,30-,31+,32-,46?,47?/m1/s1. The van der Waals surface area contributed by atoms with Gasteiger partial charge < -0.3 is 8.98 Å². The number of para-hydroxylation sites is 3. The van der Waals surface area contributed by atoms with Crippen molar-refractivity contribution >= 4 is 43.7 Å². The zero-order chi connectivity index (χ0) is 33.8. The molecule has 8 aliphatic rings. The first-order valence-electron chi connectivity index (χ1n) is 20.3. The number of nitrogens with zero attached hydrogens (tertiary/aromatic N) is 4. The van der Waals surface area contributed by atoms with Crippen LogP contribution < -0.4 is 0 Å². The molecule has 52 heavy (non-hydrogen) atoms. The maximum atomic E-state index is 6.66. The molecule has 0 amide bonds. The lowest BCUT2D eigenvalue weighted by atomic mass is 9.49. The summed E-state index contributed by atoms with van der Waals surface area (Å²) >= 11 is 0. The Morgan fingerprint density at radius 2 is 1.04 bits per heavy atom. The second kappa shape index (κ2) is 10.1. The molecule has 15 rings (SSSR count). The Kier molecular flexibility index (Phi) is 5.65. The topological polar surface area (TPSA) is 56.7 Å². The fourth-order valence-corrected chi connectivity index (χ4v) is 14.1. The highest BCUT2D eigenvalue weighted by atomic mass is 16.3. The van der Waals surface area contributed by atoms with Crippen molar-refractivity contribution in [1.82, 2.24) is 19.5 Å². The molecular weight excluding hydrogens is 637 g/mol. The van der Waals surface area contributed by atoms with Crippen molar-refractivity contribution < 1.29 is 4.42 Å². The zero-order valence-electron chi connectivity index (χ0n) is 29.7. The van der Waals surface area contributed by atoms with Crippen LogP contribution in [0.5, 0.6) is 0 Å². The summed E-state index contributed by atoms with van der Waals surface area (Å²) in [6, 6.07) is 30.7. The maximum Gasteiger partial charge on any atom is 0.165 e. The Morgan fingerprint density at radius 1 is 0.500 bits per heavy atom. The van der Waals surface area contributed by atoms with Crippen LogP contribution in [-0.2, 0) is 10.8 Å². The first kappa shape index (κ1) is 29.0. The predicted octanol–water partition coefficient (Wildman–Crippen LogP) is 11.5. The van der Waals surface area contributed by atoms with Crippen molar-refractivity contribution in [2.45, 2.75) is 87.9 Å². The molecule has 5 heteroatoms. The summed E-state index contributed by atoms with van der Waals surface area (Å²) in [6.07, 6.45) is 16.2. The van der Waals surface area contributed by atoms with E-state index in [1.54, 1.807) is 0 Å². The molecule has 3 heterocycles. The summed E-state index contributed by atoms with van der Waals surface area (Å²) in [5.74, 6) is 8.22. The van der Waals surface area contributed by atoms with Gasteiger partial charge in [-0.25, -0.2) is 15.0 Å². The number of aromatic nitrogens is 4. The van der Waals surface area contributed by atoms with E-state index in [4.69, 9.17) is 19.4 Å². The van der Waals surface area contributed by atoms with Gasteiger partial charge in [0.25, 0.3) is 0 Å². The molecule has 5 nitrogen and oxygen atoms in total. The molecule has 8 bridgehead atoms. The number of hydrogen-bond donors (Lipinski definition) is 0. The van der Waals surface area contributed by atoms with Crippen LogP contribution in [0.1, 0.15) is 88.7 Å². The van der Waals surface area contributed by atoms with E-state index < -0.39 is 0 Å². The van der Waals surface area contributed by atoms with E-state index in [2.05, 4.69) is 89.5 Å². The van der Waals surface area contributed by atoms with Crippen LogP contribution in [0.4, 0.5) is 0 Å². The molecule has 8 saturated carbocycles. The lowest BCUT2D eigenvalue weighted by Crippen LogP contribution is -2.51. The van der Waals surface area contributed by atoms with Crippen LogP contribution in [0.15, 0.2) is 89.3 Å². The highest BCUT2D eigenvalue weighted by molar-refractivity contribution is 6.23. The fraction of sp³-hybridized carbons (Fsp3) is 0.426. The van der Waals surface area contributed by atoms with Crippen LogP contribution in [0.25, 0.3) is 60.8 Å². The van der Waals surface area contributed by atoms with E-state index in [1.807, 2.05) is 0 Å². The molecule has 3 aromatic heterocycles. The SMILES string of the molecule is c1ccc(-n2c3ccccc3c3c4oc5ccccc5c4ccc32)c(-c2nc(C34CC5C[C@H](C3)C[C@H](C5)C4)nc(C34C[C@H]5C[C@@H](C3)C[C@@H](C4)C5)n2)c1. The number of benzene rings is 4. The third kappa shape index (κ3) is 3.92. The van der Waals surface area contributed by atoms with E-state index in [0.717, 1.165) is 91.7 Å². The Bertz CT molecular complexity index is 2490. The third-order valence-corrected chi connectivity index (χ3v) is 15.2. The third-order valence-electron chi connectivity index (χ3n) is 15.2. The van der Waals surface area contributed by atoms with E-state index in [0.29, 0.717) is 0 Å². The Morgan fingerprint density at radius 3 is 1.67 bits per heavy atom. The van der Waals surface area contributed by atoms with Gasteiger partial charge in [-0.15, -0.1) is 0 Å². The molecule has 258 valence electrons. The van der Waals surface area contributed by atoms with Crippen molar-refractivity contribution in [3.63, 3.8) is 0 Å². The number of rotatable bonds is 4. The first-order chi connectivity index (χ1) is 25.6. The van der Waals surface area contributed by atoms with Gasteiger partial charge in [-0.2, -0.15) is 0 Å². The lowest BCUT2D eigenvalue weighted by molar-refractivity contribution is -0.0155. The van der Waals surface area contributed by atoms with Gasteiger partial charge in [0, 0.05) is 32.6 Å². The molecule has 4 aromatic carbocycles. The molecule has 0 saturated heterocycles. The first-order valence-corrected chi connectivity index (χ1v) is 20.3. The van der Waals surface area contributed by atoms with Gasteiger partial charge in [0.15, 0.2) is 5.82 Å². The molecule has 8 aliphatic carbocycles. The van der Waals surface area contributed by atoms with E-state index in [9.17, 15) is 0 Å². The van der Waals surface area contributed by atoms with Crippen molar-refractivity contribution in [3.8, 4) is 17.1 Å². The van der Waals surface area contributed by atoms with Gasteiger partial charge in [0.2, 0.25) is 0 Å². The largest absolute Gasteiger partial charge is 0.455 e. The summed E-state index contributed by atoms with van der Waals surface area (Å²) in [5.41, 5.74) is 6.67. The number of furan rings is 1. The number of hydrogen-bond acceptors (Lipinski definition) is 4. The average Bonchev–Trinajstić information content (AvgIpc) is 3.69. The normalized spacial score (nSPS) is 33.0. The van der Waals surface area contributed by atoms with Gasteiger partial charge >= 0.3 is 0 Å². The van der Waals surface area contributed by atoms with Crippen LogP contribution in [0, 0.1) is 35.5 Å². The highest BCUT2D eigenvalue weighted by Gasteiger charge is 2.56. The molecule has 8 fully saturated rings. The van der Waals surface area contributed by atoms with Gasteiger partial charge in [0.05, 0.1) is 22.1 Å². The Hall–Kier alpha value is -4.51. The fourth-order valence-electron chi connectivity index (χ4n) is 14.1. The Labute approximate surface area is 303 Å². The average molecular weight is 681 g/mol. The minimum atomic E-state index is 0.109.